The Bertz CT molecular complexity index is 720. The summed E-state index contributed by atoms with van der Waals surface area (Å²) in [7, 11) is 0. The van der Waals surface area contributed by atoms with Gasteiger partial charge in [0, 0.05) is 29.9 Å². The van der Waals surface area contributed by atoms with Gasteiger partial charge < -0.3 is 4.57 Å². The van der Waals surface area contributed by atoms with Crippen molar-refractivity contribution in [2.24, 2.45) is 0 Å². The molecule has 6 heteroatoms. The van der Waals surface area contributed by atoms with Crippen molar-refractivity contribution in [1.29, 1.82) is 0 Å². The topological polar surface area (TPSA) is 30.7 Å². The fourth-order valence-electron chi connectivity index (χ4n) is 2.26. The van der Waals surface area contributed by atoms with E-state index in [0.717, 1.165) is 40.6 Å². The third-order valence-corrected chi connectivity index (χ3v) is 4.64. The Hall–Kier alpha value is -1.10. The standard InChI is InChI=1S/C14H13Cl2N3S/c15-6-3-14-18-11-9-17-7-4-12(11)19(14)8-5-10-1-2-13(16)20-10/h1-2,4,7,9H,3,5-6,8H2. The summed E-state index contributed by atoms with van der Waals surface area (Å²) in [6, 6.07) is 6.02. The van der Waals surface area contributed by atoms with Crippen molar-refractivity contribution in [2.75, 3.05) is 5.88 Å². The second-order valence-electron chi connectivity index (χ2n) is 4.44. The zero-order valence-corrected chi connectivity index (χ0v) is 13.0. The van der Waals surface area contributed by atoms with Gasteiger partial charge in [-0.15, -0.1) is 22.9 Å². The molecule has 0 aliphatic heterocycles. The summed E-state index contributed by atoms with van der Waals surface area (Å²) in [6.07, 6.45) is 5.31. The summed E-state index contributed by atoms with van der Waals surface area (Å²) < 4.78 is 3.06. The number of aryl methyl sites for hydroxylation is 3. The maximum absolute atomic E-state index is 5.97. The maximum atomic E-state index is 5.97. The number of hydrogen-bond acceptors (Lipinski definition) is 3. The number of pyridine rings is 1. The van der Waals surface area contributed by atoms with E-state index in [0.29, 0.717) is 5.88 Å². The lowest BCUT2D eigenvalue weighted by Crippen LogP contribution is -2.06. The third kappa shape index (κ3) is 2.82. The number of halogens is 2. The fourth-order valence-corrected chi connectivity index (χ4v) is 3.51. The summed E-state index contributed by atoms with van der Waals surface area (Å²) in [4.78, 5) is 10.0. The molecular weight excluding hydrogens is 313 g/mol. The number of thiophene rings is 1. The largest absolute Gasteiger partial charge is 0.327 e. The quantitative estimate of drug-likeness (QED) is 0.659. The van der Waals surface area contributed by atoms with Crippen LogP contribution in [0.5, 0.6) is 0 Å². The van der Waals surface area contributed by atoms with E-state index in [1.165, 1.54) is 4.88 Å². The van der Waals surface area contributed by atoms with Gasteiger partial charge in [0.05, 0.1) is 16.0 Å². The van der Waals surface area contributed by atoms with E-state index >= 15 is 0 Å². The monoisotopic (exact) mass is 325 g/mol. The summed E-state index contributed by atoms with van der Waals surface area (Å²) in [6.45, 7) is 0.879. The molecule has 0 saturated carbocycles. The van der Waals surface area contributed by atoms with Crippen molar-refractivity contribution in [3.8, 4) is 0 Å². The molecule has 0 amide bonds. The van der Waals surface area contributed by atoms with Crippen LogP contribution in [-0.2, 0) is 19.4 Å². The third-order valence-electron chi connectivity index (χ3n) is 3.16. The maximum Gasteiger partial charge on any atom is 0.111 e. The highest BCUT2D eigenvalue weighted by Crippen LogP contribution is 2.23. The van der Waals surface area contributed by atoms with Gasteiger partial charge in [-0.3, -0.25) is 4.98 Å². The fraction of sp³-hybridized carbons (Fsp3) is 0.286. The smallest absolute Gasteiger partial charge is 0.111 e. The highest BCUT2D eigenvalue weighted by atomic mass is 35.5. The van der Waals surface area contributed by atoms with Crippen LogP contribution < -0.4 is 0 Å². The van der Waals surface area contributed by atoms with Crippen molar-refractivity contribution in [3.63, 3.8) is 0 Å². The molecule has 3 nitrogen and oxygen atoms in total. The molecule has 3 aromatic heterocycles. The van der Waals surface area contributed by atoms with Gasteiger partial charge in [0.15, 0.2) is 0 Å². The number of nitrogens with zero attached hydrogens (tertiary/aromatic N) is 3. The Balaban J connectivity index is 1.90. The van der Waals surface area contributed by atoms with Crippen LogP contribution in [0.2, 0.25) is 4.34 Å². The number of fused-ring (bicyclic) bond motifs is 1. The van der Waals surface area contributed by atoms with Gasteiger partial charge in [-0.1, -0.05) is 11.6 Å². The molecule has 3 heterocycles. The minimum atomic E-state index is 0.571. The molecule has 0 atom stereocenters. The van der Waals surface area contributed by atoms with E-state index < -0.39 is 0 Å². The highest BCUT2D eigenvalue weighted by molar-refractivity contribution is 7.16. The summed E-state index contributed by atoms with van der Waals surface area (Å²) in [5, 5.41) is 0. The Morgan fingerprint density at radius 2 is 2.10 bits per heavy atom. The van der Waals surface area contributed by atoms with Crippen LogP contribution in [0.3, 0.4) is 0 Å². The molecule has 0 fully saturated rings. The van der Waals surface area contributed by atoms with Crippen LogP contribution in [-0.4, -0.2) is 20.4 Å². The van der Waals surface area contributed by atoms with Gasteiger partial charge in [0.2, 0.25) is 0 Å². The van der Waals surface area contributed by atoms with Crippen molar-refractivity contribution in [2.45, 2.75) is 19.4 Å². The number of imidazole rings is 1. The Labute approximate surface area is 131 Å². The van der Waals surface area contributed by atoms with E-state index in [4.69, 9.17) is 23.2 Å². The molecule has 0 unspecified atom stereocenters. The van der Waals surface area contributed by atoms with Crippen molar-refractivity contribution in [3.05, 3.63) is 45.6 Å². The van der Waals surface area contributed by atoms with E-state index in [2.05, 4.69) is 20.6 Å². The molecule has 0 bridgehead atoms. The van der Waals surface area contributed by atoms with Gasteiger partial charge >= 0.3 is 0 Å². The molecule has 104 valence electrons. The summed E-state index contributed by atoms with van der Waals surface area (Å²) in [5.74, 6) is 1.59. The first-order valence-corrected chi connectivity index (χ1v) is 8.10. The van der Waals surface area contributed by atoms with Gasteiger partial charge in [0.1, 0.15) is 11.3 Å². The number of alkyl halides is 1. The molecule has 0 spiro atoms. The van der Waals surface area contributed by atoms with Crippen LogP contribution in [0.25, 0.3) is 11.0 Å². The average Bonchev–Trinajstić information content (AvgIpc) is 3.00. The predicted octanol–water partition coefficient (Wildman–Crippen LogP) is 4.17. The number of hydrogen-bond donors (Lipinski definition) is 0. The minimum absolute atomic E-state index is 0.571. The molecule has 3 aromatic rings. The number of rotatable bonds is 5. The Morgan fingerprint density at radius 1 is 1.20 bits per heavy atom. The second-order valence-corrected chi connectivity index (χ2v) is 6.62. The zero-order chi connectivity index (χ0) is 13.9. The molecule has 3 rings (SSSR count). The van der Waals surface area contributed by atoms with Crippen molar-refractivity contribution >= 4 is 45.6 Å². The number of aromatic nitrogens is 3. The summed E-state index contributed by atoms with van der Waals surface area (Å²) in [5.41, 5.74) is 2.04. The summed E-state index contributed by atoms with van der Waals surface area (Å²) >= 11 is 13.5. The van der Waals surface area contributed by atoms with Crippen LogP contribution in [0.4, 0.5) is 0 Å². The zero-order valence-electron chi connectivity index (χ0n) is 10.7. The van der Waals surface area contributed by atoms with Crippen LogP contribution >= 0.6 is 34.5 Å². The first kappa shape index (κ1) is 13.9. The minimum Gasteiger partial charge on any atom is -0.327 e. The molecule has 20 heavy (non-hydrogen) atoms. The molecule has 0 radical (unpaired) electrons. The normalized spacial score (nSPS) is 11.3. The van der Waals surface area contributed by atoms with Crippen molar-refractivity contribution in [1.82, 2.24) is 14.5 Å². The lowest BCUT2D eigenvalue weighted by atomic mass is 10.3. The van der Waals surface area contributed by atoms with Crippen molar-refractivity contribution < 1.29 is 0 Å². The van der Waals surface area contributed by atoms with Crippen LogP contribution in [0.15, 0.2) is 30.6 Å². The molecule has 0 aliphatic rings. The first-order chi connectivity index (χ1) is 9.78. The second kappa shape index (κ2) is 6.12. The van der Waals surface area contributed by atoms with Gasteiger partial charge in [-0.2, -0.15) is 0 Å². The molecular formula is C14H13Cl2N3S. The molecule has 0 aromatic carbocycles. The van der Waals surface area contributed by atoms with Gasteiger partial charge in [-0.25, -0.2) is 4.98 Å². The van der Waals surface area contributed by atoms with Crippen LogP contribution in [0.1, 0.15) is 10.7 Å². The lowest BCUT2D eigenvalue weighted by molar-refractivity contribution is 0.679. The molecule has 0 saturated heterocycles. The Kier molecular flexibility index (Phi) is 4.24. The molecule has 0 N–H and O–H groups in total. The Morgan fingerprint density at radius 3 is 2.85 bits per heavy atom. The van der Waals surface area contributed by atoms with E-state index in [1.54, 1.807) is 23.7 Å². The van der Waals surface area contributed by atoms with E-state index in [9.17, 15) is 0 Å². The lowest BCUT2D eigenvalue weighted by Gasteiger charge is -2.07. The SMILES string of the molecule is ClCCc1nc2cnccc2n1CCc1ccc(Cl)s1. The van der Waals surface area contributed by atoms with Gasteiger partial charge in [0.25, 0.3) is 0 Å². The van der Waals surface area contributed by atoms with E-state index in [1.807, 2.05) is 12.1 Å². The predicted molar refractivity (Wildman–Crippen MR) is 85.0 cm³/mol. The first-order valence-electron chi connectivity index (χ1n) is 6.37. The molecule has 0 aliphatic carbocycles. The van der Waals surface area contributed by atoms with Gasteiger partial charge in [-0.05, 0) is 24.6 Å². The average molecular weight is 326 g/mol. The van der Waals surface area contributed by atoms with Crippen LogP contribution in [0, 0.1) is 0 Å². The van der Waals surface area contributed by atoms with E-state index in [-0.39, 0.29) is 0 Å². The highest BCUT2D eigenvalue weighted by Gasteiger charge is 2.10.